The van der Waals surface area contributed by atoms with Gasteiger partial charge < -0.3 is 0 Å². The molecule has 0 saturated carbocycles. The summed E-state index contributed by atoms with van der Waals surface area (Å²) in [6, 6.07) is 5.43. The number of halogens is 6. The van der Waals surface area contributed by atoms with Gasteiger partial charge in [0.05, 0.1) is 0 Å². The molecule has 6 rings (SSSR count). The van der Waals surface area contributed by atoms with Crippen molar-refractivity contribution in [3.8, 4) is 22.5 Å². The molecule has 2 aliphatic rings. The Kier molecular flexibility index (Phi) is 6.44. The van der Waals surface area contributed by atoms with Crippen molar-refractivity contribution in [3.05, 3.63) is 77.6 Å². The van der Waals surface area contributed by atoms with Crippen LogP contribution in [0.15, 0.2) is 49.1 Å². The van der Waals surface area contributed by atoms with E-state index >= 15 is 0 Å². The predicted octanol–water partition coefficient (Wildman–Crippen LogP) is 1.51. The summed E-state index contributed by atoms with van der Waals surface area (Å²) >= 11 is -0.281. The van der Waals surface area contributed by atoms with Gasteiger partial charge in [-0.15, -0.1) is 0 Å². The van der Waals surface area contributed by atoms with Crippen molar-refractivity contribution in [1.82, 2.24) is 29.9 Å². The molecule has 7 nitrogen and oxygen atoms in total. The van der Waals surface area contributed by atoms with Crippen LogP contribution >= 0.6 is 0 Å². The molecule has 1 aromatic carbocycles. The van der Waals surface area contributed by atoms with E-state index in [0.29, 0.717) is 17.0 Å². The Bertz CT molecular complexity index is 1590. The summed E-state index contributed by atoms with van der Waals surface area (Å²) in [6.45, 7) is 3.53. The zero-order valence-corrected chi connectivity index (χ0v) is 23.5. The summed E-state index contributed by atoms with van der Waals surface area (Å²) in [5, 5.41) is 22.2. The van der Waals surface area contributed by atoms with Crippen molar-refractivity contribution in [3.63, 3.8) is 0 Å². The number of hydrogen-bond acceptors (Lipinski definition) is 6. The minimum atomic E-state index is -4.76. The third-order valence-electron chi connectivity index (χ3n) is 8.09. The maximum atomic E-state index is 14.6. The van der Waals surface area contributed by atoms with Gasteiger partial charge in [0, 0.05) is 0 Å². The third kappa shape index (κ3) is 4.11. The second kappa shape index (κ2) is 9.50. The van der Waals surface area contributed by atoms with Gasteiger partial charge in [-0.2, -0.15) is 0 Å². The molecule has 210 valence electrons. The summed E-state index contributed by atoms with van der Waals surface area (Å²) in [6.07, 6.45) is -1.34. The zero-order valence-electron chi connectivity index (χ0n) is 21.3. The fraction of sp³-hybridized carbons (Fsp3) is 0.370. The van der Waals surface area contributed by atoms with E-state index in [2.05, 4.69) is 34.1 Å². The Hall–Kier alpha value is -3.07. The molecule has 0 unspecified atom stereocenters. The van der Waals surface area contributed by atoms with Gasteiger partial charge in [0.15, 0.2) is 0 Å². The van der Waals surface area contributed by atoms with Crippen LogP contribution in [0.4, 0.5) is 22.0 Å². The fourth-order valence-electron chi connectivity index (χ4n) is 5.78. The van der Waals surface area contributed by atoms with Crippen molar-refractivity contribution >= 4 is 0 Å². The first-order valence-corrected chi connectivity index (χ1v) is 15.4. The molecule has 4 aromatic rings. The molecule has 1 fully saturated rings. The van der Waals surface area contributed by atoms with E-state index in [4.69, 9.17) is 4.98 Å². The summed E-state index contributed by atoms with van der Waals surface area (Å²) in [5.74, 6) is -1.35. The minimum absolute atomic E-state index is 0.0743. The zero-order chi connectivity index (χ0) is 28.4. The van der Waals surface area contributed by atoms with Crippen LogP contribution in [0.2, 0.25) is 0 Å². The van der Waals surface area contributed by atoms with Crippen molar-refractivity contribution in [1.29, 1.82) is 0 Å². The van der Waals surface area contributed by atoms with Crippen LogP contribution in [-0.2, 0) is 12.0 Å². The van der Waals surface area contributed by atoms with Crippen LogP contribution in [0.1, 0.15) is 36.7 Å². The van der Waals surface area contributed by atoms with Crippen LogP contribution in [0.5, 0.6) is 0 Å². The standard InChI is InChI=1S/C27H23F5IN6O/c1-25(2)16-7-33-13-26(25,24-15(16)6-19(37-38-24)23-17(28)4-3-5-18(23)29)21-10-34-9-20(36-21)14-8-35-39(11-14)12-22(40)27(30,31)32/h3-6,8-11,16,22,40H,7,12-13H2,1-2H3/q-1/t16-,22+,26-/m0/s1. The van der Waals surface area contributed by atoms with Crippen LogP contribution < -0.4 is 21.2 Å². The maximum absolute atomic E-state index is 14.6. The molecule has 13 heteroatoms. The van der Waals surface area contributed by atoms with E-state index in [9.17, 15) is 27.1 Å². The van der Waals surface area contributed by atoms with Gasteiger partial charge in [0.25, 0.3) is 0 Å². The number of hydrogen-bond donors (Lipinski definition) is 1. The first-order chi connectivity index (χ1) is 18.9. The molecule has 0 radical (unpaired) electrons. The summed E-state index contributed by atoms with van der Waals surface area (Å²) < 4.78 is 70.4. The second-order valence-corrected chi connectivity index (χ2v) is 13.3. The van der Waals surface area contributed by atoms with Gasteiger partial charge in [0.2, 0.25) is 0 Å². The Balaban J connectivity index is 1.42. The van der Waals surface area contributed by atoms with Gasteiger partial charge in [-0.1, -0.05) is 0 Å². The number of aromatic nitrogens is 6. The van der Waals surface area contributed by atoms with E-state index in [1.54, 1.807) is 12.3 Å². The van der Waals surface area contributed by atoms with Crippen molar-refractivity contribution in [2.24, 2.45) is 5.41 Å². The van der Waals surface area contributed by atoms with E-state index in [-0.39, 0.29) is 43.8 Å². The number of aliphatic hydroxyl groups is 1. The second-order valence-electron chi connectivity index (χ2n) is 10.6. The van der Waals surface area contributed by atoms with Gasteiger partial charge in [0.1, 0.15) is 0 Å². The molecule has 1 N–H and O–H groups in total. The van der Waals surface area contributed by atoms with Crippen molar-refractivity contribution in [2.45, 2.75) is 44.0 Å². The van der Waals surface area contributed by atoms with Gasteiger partial charge in [-0.05, 0) is 0 Å². The number of nitrogens with zero attached hydrogens (tertiary/aromatic N) is 6. The molecule has 1 aliphatic carbocycles. The van der Waals surface area contributed by atoms with E-state index < -0.39 is 35.9 Å². The quantitative estimate of drug-likeness (QED) is 0.197. The number of alkyl halides is 5. The predicted molar refractivity (Wildman–Crippen MR) is 130 cm³/mol. The molecule has 0 spiro atoms. The van der Waals surface area contributed by atoms with E-state index in [1.807, 2.05) is 0 Å². The molecule has 2 bridgehead atoms. The normalized spacial score (nSPS) is 22.4. The Morgan fingerprint density at radius 2 is 1.85 bits per heavy atom. The van der Waals surface area contributed by atoms with Crippen LogP contribution in [0.3, 0.4) is 0 Å². The fourth-order valence-corrected chi connectivity index (χ4v) is 10.8. The Labute approximate surface area is 236 Å². The summed E-state index contributed by atoms with van der Waals surface area (Å²) in [5.41, 5.74) is 2.05. The van der Waals surface area contributed by atoms with Crippen LogP contribution in [0.25, 0.3) is 22.5 Å². The van der Waals surface area contributed by atoms with Crippen molar-refractivity contribution < 1.29 is 48.3 Å². The van der Waals surface area contributed by atoms with Crippen molar-refractivity contribution in [2.75, 3.05) is 8.86 Å². The molecule has 0 amide bonds. The molecule has 1 saturated heterocycles. The number of fused-ring (bicyclic) bond motifs is 5. The molecule has 4 heterocycles. The number of benzene rings is 1. The average Bonchev–Trinajstić information content (AvgIpc) is 3.36. The SMILES string of the molecule is CC1(C)[C@H]2C[I-]C[C@]1(c1cncc(-c3cnn(C[C@@H](O)C(F)(F)F)c3)n1)c1nnc(-c3c(F)cccc3F)cc12. The summed E-state index contributed by atoms with van der Waals surface area (Å²) in [7, 11) is 0. The molecule has 40 heavy (non-hydrogen) atoms. The Morgan fingerprint density at radius 1 is 1.10 bits per heavy atom. The van der Waals surface area contributed by atoms with E-state index in [0.717, 1.165) is 24.8 Å². The average molecular weight is 669 g/mol. The van der Waals surface area contributed by atoms with Gasteiger partial charge >= 0.3 is 237 Å². The first-order valence-electron chi connectivity index (χ1n) is 12.4. The molecular formula is C27H23F5IN6O-. The third-order valence-corrected chi connectivity index (χ3v) is 11.3. The first kappa shape index (κ1) is 27.1. The molecule has 1 aliphatic heterocycles. The Morgan fingerprint density at radius 3 is 2.58 bits per heavy atom. The monoisotopic (exact) mass is 669 g/mol. The van der Waals surface area contributed by atoms with Gasteiger partial charge in [-0.25, -0.2) is 0 Å². The molecular weight excluding hydrogens is 646 g/mol. The number of rotatable bonds is 5. The molecule has 3 aromatic heterocycles. The van der Waals surface area contributed by atoms with Crippen LogP contribution in [0, 0.1) is 17.0 Å². The van der Waals surface area contributed by atoms with E-state index in [1.165, 1.54) is 36.8 Å². The van der Waals surface area contributed by atoms with Crippen LogP contribution in [-0.4, -0.2) is 56.2 Å². The number of aliphatic hydroxyl groups excluding tert-OH is 1. The topological polar surface area (TPSA) is 89.6 Å². The summed E-state index contributed by atoms with van der Waals surface area (Å²) in [4.78, 5) is 9.33. The van der Waals surface area contributed by atoms with Gasteiger partial charge in [-0.3, -0.25) is 0 Å². The molecule has 3 atom stereocenters.